The number of fused-ring (bicyclic) bond motifs is 1. The highest BCUT2D eigenvalue weighted by Gasteiger charge is 2.65. The van der Waals surface area contributed by atoms with Gasteiger partial charge in [0, 0.05) is 32.5 Å². The van der Waals surface area contributed by atoms with E-state index in [-0.39, 0.29) is 46.0 Å². The molecular formula is C31H51FN7O2+. The molecule has 4 heterocycles. The van der Waals surface area contributed by atoms with E-state index in [4.69, 9.17) is 11.5 Å². The predicted octanol–water partition coefficient (Wildman–Crippen LogP) is 2.04. The van der Waals surface area contributed by atoms with Crippen LogP contribution in [0.25, 0.3) is 0 Å². The van der Waals surface area contributed by atoms with Crippen molar-refractivity contribution in [2.75, 3.05) is 39.8 Å². The first-order valence-electron chi connectivity index (χ1n) is 15.7. The number of allylic oxidation sites excluding steroid dienone is 2. The molecule has 1 aliphatic carbocycles. The van der Waals surface area contributed by atoms with Crippen LogP contribution in [-0.4, -0.2) is 103 Å². The van der Waals surface area contributed by atoms with Crippen LogP contribution in [0.15, 0.2) is 16.9 Å². The Morgan fingerprint density at radius 2 is 1.90 bits per heavy atom. The maximum atomic E-state index is 14.8. The van der Waals surface area contributed by atoms with Gasteiger partial charge in [0.15, 0.2) is 6.54 Å². The maximum Gasteiger partial charge on any atom is 0.228 e. The second kappa shape index (κ2) is 11.5. The Balaban J connectivity index is 1.29. The summed E-state index contributed by atoms with van der Waals surface area (Å²) in [5.74, 6) is -1.09. The first-order valence-corrected chi connectivity index (χ1v) is 15.7. The molecular weight excluding hydrogens is 521 g/mol. The Kier molecular flexibility index (Phi) is 8.49. The van der Waals surface area contributed by atoms with Crippen LogP contribution in [0.3, 0.4) is 0 Å². The molecule has 5 aliphatic rings. The van der Waals surface area contributed by atoms with E-state index < -0.39 is 18.1 Å². The average Bonchev–Trinajstić information content (AvgIpc) is 3.32. The SMILES string of the molecule is CCC12CC(C(C(=O)NC3C[N+](C)=CCC3N3CCC4(CCN(C(C)=O)C4)CC3)C(N)N)/N=C\C(F)=C/[C@@]1(CC)C2. The van der Waals surface area contributed by atoms with E-state index in [1.807, 2.05) is 11.9 Å². The van der Waals surface area contributed by atoms with Gasteiger partial charge in [-0.05, 0) is 80.4 Å². The Morgan fingerprint density at radius 1 is 1.20 bits per heavy atom. The molecule has 2 amide bonds. The van der Waals surface area contributed by atoms with Crippen LogP contribution < -0.4 is 16.8 Å². The van der Waals surface area contributed by atoms with Crippen LogP contribution >= 0.6 is 0 Å². The Bertz CT molecular complexity index is 1110. The summed E-state index contributed by atoms with van der Waals surface area (Å²) in [5, 5.41) is 3.35. The van der Waals surface area contributed by atoms with Crippen LogP contribution in [0.1, 0.15) is 72.1 Å². The van der Waals surface area contributed by atoms with E-state index in [1.54, 1.807) is 13.0 Å². The maximum absolute atomic E-state index is 14.8. The lowest BCUT2D eigenvalue weighted by molar-refractivity contribution is -0.502. The van der Waals surface area contributed by atoms with Gasteiger partial charge in [0.05, 0.1) is 24.3 Å². The summed E-state index contributed by atoms with van der Waals surface area (Å²) in [5.41, 5.74) is 12.5. The molecule has 9 nitrogen and oxygen atoms in total. The molecule has 1 saturated carbocycles. The fraction of sp³-hybridized carbons (Fsp3) is 0.806. The number of hydrogen-bond acceptors (Lipinski definition) is 6. The van der Waals surface area contributed by atoms with Gasteiger partial charge in [-0.3, -0.25) is 19.5 Å². The highest BCUT2D eigenvalue weighted by molar-refractivity contribution is 5.82. The number of likely N-dealkylation sites (N-methyl/N-ethyl adjacent to an activating group) is 1. The third kappa shape index (κ3) is 5.76. The number of piperidine rings is 1. The number of likely N-dealkylation sites (tertiary alicyclic amines) is 2. The molecule has 0 bridgehead atoms. The van der Waals surface area contributed by atoms with Gasteiger partial charge in [0.25, 0.3) is 0 Å². The van der Waals surface area contributed by atoms with Crippen molar-refractivity contribution < 1.29 is 18.6 Å². The third-order valence-corrected chi connectivity index (χ3v) is 11.6. The lowest BCUT2D eigenvalue weighted by Crippen LogP contribution is -2.62. The van der Waals surface area contributed by atoms with E-state index in [0.29, 0.717) is 13.0 Å². The minimum atomic E-state index is -0.903. The van der Waals surface area contributed by atoms with Gasteiger partial charge in [0.1, 0.15) is 25.1 Å². The van der Waals surface area contributed by atoms with Gasteiger partial charge in [-0.2, -0.15) is 0 Å². The first-order chi connectivity index (χ1) is 19.5. The molecule has 4 aliphatic heterocycles. The number of halogens is 1. The lowest BCUT2D eigenvalue weighted by Gasteiger charge is -2.45. The highest BCUT2D eigenvalue weighted by Crippen LogP contribution is 2.72. The smallest absolute Gasteiger partial charge is 0.228 e. The molecule has 228 valence electrons. The number of carbonyl (C=O) groups is 2. The Labute approximate surface area is 244 Å². The Morgan fingerprint density at radius 3 is 2.51 bits per heavy atom. The molecule has 0 aromatic carbocycles. The van der Waals surface area contributed by atoms with Crippen molar-refractivity contribution >= 4 is 24.2 Å². The third-order valence-electron chi connectivity index (χ3n) is 11.6. The number of nitrogens with one attached hydrogen (secondary N) is 1. The predicted molar refractivity (Wildman–Crippen MR) is 159 cm³/mol. The van der Waals surface area contributed by atoms with Gasteiger partial charge in [-0.15, -0.1) is 0 Å². The fourth-order valence-electron chi connectivity index (χ4n) is 8.73. The molecule has 3 fully saturated rings. The van der Waals surface area contributed by atoms with Crippen LogP contribution in [0.5, 0.6) is 0 Å². The number of aliphatic imine (C=N–C) groups is 1. The van der Waals surface area contributed by atoms with Crippen LogP contribution in [0.2, 0.25) is 0 Å². The van der Waals surface area contributed by atoms with E-state index in [9.17, 15) is 14.0 Å². The van der Waals surface area contributed by atoms with Gasteiger partial charge >= 0.3 is 0 Å². The second-order valence-corrected chi connectivity index (χ2v) is 13.8. The average molecular weight is 573 g/mol. The quantitative estimate of drug-likeness (QED) is 0.319. The number of carbonyl (C=O) groups excluding carboxylic acids is 2. The highest BCUT2D eigenvalue weighted by atomic mass is 19.1. The summed E-state index contributed by atoms with van der Waals surface area (Å²) in [7, 11) is 2.04. The summed E-state index contributed by atoms with van der Waals surface area (Å²) in [6.07, 6.45) is 11.7. The first kappa shape index (κ1) is 30.3. The van der Waals surface area contributed by atoms with Crippen molar-refractivity contribution in [2.45, 2.75) is 96.4 Å². The van der Waals surface area contributed by atoms with E-state index in [2.05, 4.69) is 39.8 Å². The number of nitrogens with two attached hydrogens (primary N) is 2. The van der Waals surface area contributed by atoms with Gasteiger partial charge in [-0.1, -0.05) is 13.8 Å². The molecule has 5 N–H and O–H groups in total. The van der Waals surface area contributed by atoms with Gasteiger partial charge in [0.2, 0.25) is 11.8 Å². The topological polar surface area (TPSA) is 120 Å². The van der Waals surface area contributed by atoms with Gasteiger partial charge in [-0.25, -0.2) is 8.97 Å². The minimum Gasteiger partial charge on any atom is -0.345 e. The van der Waals surface area contributed by atoms with Crippen molar-refractivity contribution in [1.82, 2.24) is 15.1 Å². The van der Waals surface area contributed by atoms with Crippen molar-refractivity contribution in [2.24, 2.45) is 38.6 Å². The Hall–Kier alpha value is -2.17. The molecule has 0 radical (unpaired) electrons. The van der Waals surface area contributed by atoms with Crippen LogP contribution in [0.4, 0.5) is 4.39 Å². The van der Waals surface area contributed by atoms with E-state index in [1.165, 1.54) is 6.21 Å². The molecule has 0 aromatic rings. The van der Waals surface area contributed by atoms with E-state index >= 15 is 0 Å². The number of amides is 2. The summed E-state index contributed by atoms with van der Waals surface area (Å²) in [4.78, 5) is 35.0. The summed E-state index contributed by atoms with van der Waals surface area (Å²) in [6.45, 7) is 10.3. The van der Waals surface area contributed by atoms with Crippen molar-refractivity contribution in [3.63, 3.8) is 0 Å². The van der Waals surface area contributed by atoms with Crippen LogP contribution in [-0.2, 0) is 9.59 Å². The van der Waals surface area contributed by atoms with Crippen molar-refractivity contribution in [3.05, 3.63) is 11.9 Å². The second-order valence-electron chi connectivity index (χ2n) is 13.8. The van der Waals surface area contributed by atoms with Crippen molar-refractivity contribution in [1.29, 1.82) is 0 Å². The summed E-state index contributed by atoms with van der Waals surface area (Å²) < 4.78 is 17.0. The monoisotopic (exact) mass is 572 g/mol. The number of rotatable bonds is 7. The summed E-state index contributed by atoms with van der Waals surface area (Å²) in [6, 6.07) is -0.391. The zero-order chi connectivity index (χ0) is 29.6. The molecule has 2 saturated heterocycles. The van der Waals surface area contributed by atoms with E-state index in [0.717, 1.165) is 71.1 Å². The standard InChI is InChI=1S/C31H50FN7O2/c1-5-30-15-22(32)17-35-23(16-31(30,6-2)19-30)26(27(33)34)28(41)36-24-18-37(4)11-7-25(24)38-12-8-29(9-13-38)10-14-39(20-29)21(3)40/h11,15,17,23-27H,5-10,12-14,16,18-20,33-34H2,1-4H3/p+1/b22-15+,35-17-/t23?,24?,25?,26?,30-,31?/m0/s1. The largest absolute Gasteiger partial charge is 0.345 e. The molecule has 1 spiro atoms. The number of hydrogen-bond donors (Lipinski definition) is 3. The molecule has 10 heteroatoms. The minimum absolute atomic E-state index is 0.0839. The fourth-order valence-corrected chi connectivity index (χ4v) is 8.73. The van der Waals surface area contributed by atoms with Crippen LogP contribution in [0, 0.1) is 22.2 Å². The number of nitrogens with zero attached hydrogens (tertiary/aromatic N) is 4. The van der Waals surface area contributed by atoms with Gasteiger partial charge < -0.3 is 21.7 Å². The lowest BCUT2D eigenvalue weighted by atomic mass is 9.77. The molecule has 5 unspecified atom stereocenters. The zero-order valence-corrected chi connectivity index (χ0v) is 25.4. The molecule has 41 heavy (non-hydrogen) atoms. The zero-order valence-electron chi connectivity index (χ0n) is 25.4. The molecule has 0 aromatic heterocycles. The molecule has 5 rings (SSSR count). The molecule has 6 atom stereocenters. The normalized spacial score (nSPS) is 37.9. The van der Waals surface area contributed by atoms with Crippen molar-refractivity contribution in [3.8, 4) is 0 Å². The summed E-state index contributed by atoms with van der Waals surface area (Å²) >= 11 is 0.